The van der Waals surface area contributed by atoms with Gasteiger partial charge in [0.1, 0.15) is 0 Å². The molecule has 1 atom stereocenters. The Labute approximate surface area is 62.9 Å². The van der Waals surface area contributed by atoms with E-state index in [1.54, 1.807) is 0 Å². The molecule has 2 heteroatoms. The molecular formula is C6H9IO. The first-order valence-electron chi connectivity index (χ1n) is 2.75. The van der Waals surface area contributed by atoms with Gasteiger partial charge in [-0.25, -0.2) is 0 Å². The first-order valence-corrected chi connectivity index (χ1v) is 3.83. The van der Waals surface area contributed by atoms with Gasteiger partial charge in [0.05, 0.1) is 6.10 Å². The number of halogens is 1. The molecule has 1 nitrogen and oxygen atoms in total. The largest absolute Gasteiger partial charge is 0.388 e. The van der Waals surface area contributed by atoms with Gasteiger partial charge in [-0.15, -0.1) is 0 Å². The van der Waals surface area contributed by atoms with Gasteiger partial charge in [0.2, 0.25) is 0 Å². The molecule has 1 N–H and O–H groups in total. The van der Waals surface area contributed by atoms with Gasteiger partial charge in [0, 0.05) is 3.58 Å². The molecule has 0 spiro atoms. The third-order valence-electron chi connectivity index (χ3n) is 1.49. The molecule has 0 saturated heterocycles. The Balaban J connectivity index is 2.71. The van der Waals surface area contributed by atoms with E-state index in [9.17, 15) is 0 Å². The summed E-state index contributed by atoms with van der Waals surface area (Å²) in [5.41, 5.74) is 1.36. The lowest BCUT2D eigenvalue weighted by atomic mass is 10.3. The molecular weight excluding hydrogens is 215 g/mol. The highest BCUT2D eigenvalue weighted by atomic mass is 127. The van der Waals surface area contributed by atoms with Crippen LogP contribution in [0.3, 0.4) is 0 Å². The fraction of sp³-hybridized carbons (Fsp3) is 0.667. The summed E-state index contributed by atoms with van der Waals surface area (Å²) in [7, 11) is 0. The number of allylic oxidation sites excluding steroid dienone is 1. The van der Waals surface area contributed by atoms with Crippen LogP contribution in [0.4, 0.5) is 0 Å². The second-order valence-electron chi connectivity index (χ2n) is 2.18. The molecule has 0 aromatic rings. The van der Waals surface area contributed by atoms with Crippen LogP contribution in [-0.4, -0.2) is 11.2 Å². The zero-order valence-electron chi connectivity index (χ0n) is 4.82. The van der Waals surface area contributed by atoms with Gasteiger partial charge >= 0.3 is 0 Å². The Morgan fingerprint density at radius 2 is 2.38 bits per heavy atom. The smallest absolute Gasteiger partial charge is 0.0849 e. The topological polar surface area (TPSA) is 20.2 Å². The summed E-state index contributed by atoms with van der Waals surface area (Å²) in [6.45, 7) is 2.08. The molecule has 0 aliphatic heterocycles. The highest BCUT2D eigenvalue weighted by molar-refractivity contribution is 14.1. The Morgan fingerprint density at radius 3 is 2.50 bits per heavy atom. The van der Waals surface area contributed by atoms with Crippen LogP contribution in [-0.2, 0) is 0 Å². The summed E-state index contributed by atoms with van der Waals surface area (Å²) in [4.78, 5) is 0. The van der Waals surface area contributed by atoms with Gasteiger partial charge in [-0.1, -0.05) is 5.57 Å². The monoisotopic (exact) mass is 224 g/mol. The van der Waals surface area contributed by atoms with Crippen molar-refractivity contribution in [2.45, 2.75) is 25.9 Å². The van der Waals surface area contributed by atoms with Crippen LogP contribution in [0.2, 0.25) is 0 Å². The number of hydrogen-bond donors (Lipinski definition) is 1. The van der Waals surface area contributed by atoms with Crippen LogP contribution in [0.15, 0.2) is 9.15 Å². The quantitative estimate of drug-likeness (QED) is 0.622. The first kappa shape index (κ1) is 6.55. The Kier molecular flexibility index (Phi) is 1.92. The van der Waals surface area contributed by atoms with Crippen molar-refractivity contribution in [3.05, 3.63) is 9.15 Å². The van der Waals surface area contributed by atoms with Crippen molar-refractivity contribution in [2.24, 2.45) is 0 Å². The second-order valence-corrected chi connectivity index (χ2v) is 3.34. The zero-order valence-corrected chi connectivity index (χ0v) is 6.97. The van der Waals surface area contributed by atoms with Crippen molar-refractivity contribution in [2.75, 3.05) is 0 Å². The van der Waals surface area contributed by atoms with Gasteiger partial charge in [0.15, 0.2) is 0 Å². The van der Waals surface area contributed by atoms with Gasteiger partial charge in [-0.05, 0) is 42.4 Å². The van der Waals surface area contributed by atoms with Crippen molar-refractivity contribution >= 4 is 22.6 Å². The Hall–Kier alpha value is 0.430. The zero-order chi connectivity index (χ0) is 6.15. The van der Waals surface area contributed by atoms with Crippen molar-refractivity contribution in [3.63, 3.8) is 0 Å². The average Bonchev–Trinajstić information content (AvgIpc) is 1.98. The molecule has 0 saturated carbocycles. The first-order chi connectivity index (χ1) is 3.72. The minimum atomic E-state index is -0.143. The summed E-state index contributed by atoms with van der Waals surface area (Å²) in [5, 5.41) is 9.10. The van der Waals surface area contributed by atoms with Crippen LogP contribution >= 0.6 is 22.6 Å². The normalized spacial score (nSPS) is 29.6. The standard InChI is InChI=1S/C6H9IO/c1-4-2-3-5(8)6(4)7/h5,8H,2-3H2,1H3/t5-/m1/s1. The Morgan fingerprint density at radius 1 is 1.75 bits per heavy atom. The molecule has 0 radical (unpaired) electrons. The van der Waals surface area contributed by atoms with E-state index in [1.807, 2.05) is 0 Å². The molecule has 8 heavy (non-hydrogen) atoms. The molecule has 0 fully saturated rings. The van der Waals surface area contributed by atoms with Gasteiger partial charge in [0.25, 0.3) is 0 Å². The van der Waals surface area contributed by atoms with E-state index in [2.05, 4.69) is 29.5 Å². The lowest BCUT2D eigenvalue weighted by molar-refractivity contribution is 0.221. The molecule has 0 amide bonds. The van der Waals surface area contributed by atoms with E-state index in [0.717, 1.165) is 16.4 Å². The third kappa shape index (κ3) is 1.05. The molecule has 1 rings (SSSR count). The maximum atomic E-state index is 9.10. The maximum Gasteiger partial charge on any atom is 0.0849 e. The van der Waals surface area contributed by atoms with E-state index < -0.39 is 0 Å². The van der Waals surface area contributed by atoms with E-state index in [-0.39, 0.29) is 6.10 Å². The predicted molar refractivity (Wildman–Crippen MR) is 42.0 cm³/mol. The summed E-state index contributed by atoms with van der Waals surface area (Å²) in [6, 6.07) is 0. The predicted octanol–water partition coefficient (Wildman–Crippen LogP) is 1.85. The number of aliphatic hydroxyl groups is 1. The number of rotatable bonds is 0. The summed E-state index contributed by atoms with van der Waals surface area (Å²) < 4.78 is 1.16. The summed E-state index contributed by atoms with van der Waals surface area (Å²) in [5.74, 6) is 0. The number of aliphatic hydroxyl groups excluding tert-OH is 1. The van der Waals surface area contributed by atoms with Crippen LogP contribution in [0, 0.1) is 0 Å². The molecule has 1 aliphatic rings. The molecule has 0 bridgehead atoms. The van der Waals surface area contributed by atoms with Gasteiger partial charge in [-0.3, -0.25) is 0 Å². The minimum Gasteiger partial charge on any atom is -0.388 e. The molecule has 46 valence electrons. The summed E-state index contributed by atoms with van der Waals surface area (Å²) >= 11 is 2.21. The lowest BCUT2D eigenvalue weighted by Crippen LogP contribution is -1.98. The second kappa shape index (κ2) is 2.35. The van der Waals surface area contributed by atoms with E-state index in [1.165, 1.54) is 5.57 Å². The average molecular weight is 224 g/mol. The summed E-state index contributed by atoms with van der Waals surface area (Å²) in [6.07, 6.45) is 1.87. The van der Waals surface area contributed by atoms with E-state index >= 15 is 0 Å². The molecule has 0 aromatic heterocycles. The van der Waals surface area contributed by atoms with Crippen LogP contribution in [0.25, 0.3) is 0 Å². The molecule has 1 aliphatic carbocycles. The van der Waals surface area contributed by atoms with Gasteiger partial charge < -0.3 is 5.11 Å². The fourth-order valence-electron chi connectivity index (χ4n) is 0.884. The van der Waals surface area contributed by atoms with E-state index in [4.69, 9.17) is 5.11 Å². The van der Waals surface area contributed by atoms with Crippen molar-refractivity contribution < 1.29 is 5.11 Å². The SMILES string of the molecule is CC1=C(I)[C@H](O)CC1. The molecule has 0 unspecified atom stereocenters. The van der Waals surface area contributed by atoms with Crippen molar-refractivity contribution in [1.29, 1.82) is 0 Å². The van der Waals surface area contributed by atoms with Crippen molar-refractivity contribution in [3.8, 4) is 0 Å². The maximum absolute atomic E-state index is 9.10. The molecule has 0 heterocycles. The highest BCUT2D eigenvalue weighted by Crippen LogP contribution is 2.30. The lowest BCUT2D eigenvalue weighted by Gasteiger charge is -1.97. The minimum absolute atomic E-state index is 0.143. The van der Waals surface area contributed by atoms with Crippen LogP contribution in [0.1, 0.15) is 19.8 Å². The third-order valence-corrected chi connectivity index (χ3v) is 3.13. The van der Waals surface area contributed by atoms with Gasteiger partial charge in [-0.2, -0.15) is 0 Å². The van der Waals surface area contributed by atoms with Crippen LogP contribution < -0.4 is 0 Å². The molecule has 0 aromatic carbocycles. The highest BCUT2D eigenvalue weighted by Gasteiger charge is 2.17. The van der Waals surface area contributed by atoms with Crippen LogP contribution in [0.5, 0.6) is 0 Å². The fourth-order valence-corrected chi connectivity index (χ4v) is 1.46. The Bertz CT molecular complexity index is 128. The van der Waals surface area contributed by atoms with Crippen molar-refractivity contribution in [1.82, 2.24) is 0 Å². The van der Waals surface area contributed by atoms with E-state index in [0.29, 0.717) is 0 Å². The number of hydrogen-bond acceptors (Lipinski definition) is 1.